The summed E-state index contributed by atoms with van der Waals surface area (Å²) in [6.07, 6.45) is -2.60. The molecule has 2 aliphatic carbocycles. The molecule has 5 aliphatic rings. The number of carbonyl (C=O) groups excluding carboxylic acids is 6. The normalized spacial score (nSPS) is 26.0. The van der Waals surface area contributed by atoms with Crippen LogP contribution in [0, 0.1) is 5.92 Å². The number of amides is 4. The topological polar surface area (TPSA) is 287 Å². The van der Waals surface area contributed by atoms with Crippen molar-refractivity contribution in [2.75, 3.05) is 64.6 Å². The minimum absolute atomic E-state index is 0.0732. The first-order chi connectivity index (χ1) is 30.7. The molecule has 64 heavy (non-hydrogen) atoms. The zero-order chi connectivity index (χ0) is 45.7. The Morgan fingerprint density at radius 2 is 1.77 bits per heavy atom. The highest BCUT2D eigenvalue weighted by Crippen LogP contribution is 2.52. The van der Waals surface area contributed by atoms with Gasteiger partial charge in [0.15, 0.2) is 17.7 Å². The molecule has 7 rings (SSSR count). The number of ketones is 2. The van der Waals surface area contributed by atoms with Gasteiger partial charge in [-0.05, 0) is 45.3 Å². The Labute approximate surface area is 373 Å². The molecule has 3 heterocycles. The summed E-state index contributed by atoms with van der Waals surface area (Å²) in [6.45, 7) is 5.90. The lowest BCUT2D eigenvalue weighted by Crippen LogP contribution is -2.56. The highest BCUT2D eigenvalue weighted by atomic mass is 32.2. The third-order valence-electron chi connectivity index (χ3n) is 12.4. The number of carbonyl (C=O) groups is 6. The van der Waals surface area contributed by atoms with Gasteiger partial charge in [-0.1, -0.05) is 12.1 Å². The largest absolute Gasteiger partial charge is 0.507 e. The van der Waals surface area contributed by atoms with Crippen LogP contribution in [-0.4, -0.2) is 150 Å². The predicted molar refractivity (Wildman–Crippen MR) is 227 cm³/mol. The molecule has 2 aromatic carbocycles. The number of nitrogens with one attached hydrogen (secondary N) is 4. The van der Waals surface area contributed by atoms with Crippen molar-refractivity contribution in [3.63, 3.8) is 0 Å². The van der Waals surface area contributed by atoms with Crippen molar-refractivity contribution in [3.8, 4) is 17.2 Å². The van der Waals surface area contributed by atoms with E-state index in [-0.39, 0.29) is 82.4 Å². The lowest BCUT2D eigenvalue weighted by atomic mass is 9.72. The Bertz CT molecular complexity index is 2130. The summed E-state index contributed by atoms with van der Waals surface area (Å²) in [6, 6.07) is 4.38. The van der Waals surface area contributed by atoms with Gasteiger partial charge in [0.05, 0.1) is 61.1 Å². The number of phenolic OH excluding ortho intramolecular Hbond substituents is 2. The number of phenols is 2. The summed E-state index contributed by atoms with van der Waals surface area (Å²) >= 11 is 1.22. The molecule has 0 saturated carbocycles. The van der Waals surface area contributed by atoms with E-state index in [9.17, 15) is 44.1 Å². The van der Waals surface area contributed by atoms with E-state index in [1.165, 1.54) is 37.1 Å². The van der Waals surface area contributed by atoms with Crippen LogP contribution < -0.4 is 32.0 Å². The van der Waals surface area contributed by atoms with Crippen LogP contribution in [-0.2, 0) is 44.5 Å². The van der Waals surface area contributed by atoms with E-state index in [1.807, 2.05) is 0 Å². The van der Waals surface area contributed by atoms with Crippen LogP contribution in [0.4, 0.5) is 0 Å². The third kappa shape index (κ3) is 10.3. The number of hydrogen-bond donors (Lipinski definition) is 8. The molecule has 0 aromatic heterocycles. The summed E-state index contributed by atoms with van der Waals surface area (Å²) in [5, 5.41) is 41.9. The fourth-order valence-corrected chi connectivity index (χ4v) is 9.68. The van der Waals surface area contributed by atoms with Gasteiger partial charge in [0.2, 0.25) is 23.5 Å². The van der Waals surface area contributed by atoms with E-state index < -0.39 is 82.9 Å². The number of hydrazine groups is 1. The first-order valence-electron chi connectivity index (χ1n) is 21.5. The maximum atomic E-state index is 14.1. The molecule has 2 unspecified atom stereocenters. The maximum absolute atomic E-state index is 14.1. The Hall–Kier alpha value is -4.87. The van der Waals surface area contributed by atoms with Crippen LogP contribution in [0.25, 0.3) is 0 Å². The standard InChI is InChI=1S/C43H56N6O14S/c1-22-26(62-31-20-60-16-12-46-31)6-7-32(61-22)63-28-19-43(58,18-25-34(28)40(55)36-35(38(25)53)37(52)24-4-3-5-27(59-2)33(24)39(36)54)42(57)48-47-29(50)10-17-64-21-30(51)45-11-15-49-13-8-23(9-14-49)41(44)56/h3-5,22-23,26,28,31-32,46,53,55,58H,6-21H2,1-2H3,(H2,44,56)(H,45,51)(H,47,50)(H,48,57)/t22-,26-,28-,31?,32?,43-/m0/s1. The summed E-state index contributed by atoms with van der Waals surface area (Å²) in [5.74, 6) is -4.83. The number of piperidine rings is 1. The van der Waals surface area contributed by atoms with Gasteiger partial charge in [-0.15, -0.1) is 0 Å². The minimum Gasteiger partial charge on any atom is -0.507 e. The van der Waals surface area contributed by atoms with Crippen molar-refractivity contribution < 1.29 is 67.8 Å². The second kappa shape index (κ2) is 20.5. The number of benzene rings is 2. The molecule has 9 N–H and O–H groups in total. The molecular formula is C43H56N6O14S. The monoisotopic (exact) mass is 912 g/mol. The molecule has 3 fully saturated rings. The molecule has 3 saturated heterocycles. The minimum atomic E-state index is -2.39. The average Bonchev–Trinajstić information content (AvgIpc) is 3.28. The van der Waals surface area contributed by atoms with Gasteiger partial charge in [-0.25, -0.2) is 0 Å². The highest BCUT2D eigenvalue weighted by molar-refractivity contribution is 7.99. The second-order valence-corrected chi connectivity index (χ2v) is 17.7. The van der Waals surface area contributed by atoms with Crippen LogP contribution in [0.3, 0.4) is 0 Å². The van der Waals surface area contributed by atoms with E-state index >= 15 is 0 Å². The molecule has 4 amide bonds. The van der Waals surface area contributed by atoms with Crippen molar-refractivity contribution in [3.05, 3.63) is 51.6 Å². The summed E-state index contributed by atoms with van der Waals surface area (Å²) in [7, 11) is 1.33. The number of fused-ring (bicyclic) bond motifs is 3. The van der Waals surface area contributed by atoms with Crippen LogP contribution >= 0.6 is 11.8 Å². The first kappa shape index (κ1) is 47.1. The number of likely N-dealkylation sites (tertiary alicyclic amines) is 1. The number of methoxy groups -OCH3 is 1. The quantitative estimate of drug-likeness (QED) is 0.0568. The number of nitrogens with zero attached hydrogens (tertiary/aromatic N) is 1. The van der Waals surface area contributed by atoms with E-state index in [0.29, 0.717) is 52.1 Å². The van der Waals surface area contributed by atoms with Crippen LogP contribution in [0.5, 0.6) is 17.2 Å². The maximum Gasteiger partial charge on any atom is 0.270 e. The summed E-state index contributed by atoms with van der Waals surface area (Å²) in [4.78, 5) is 80.6. The Morgan fingerprint density at radius 1 is 1.00 bits per heavy atom. The lowest BCUT2D eigenvalue weighted by Gasteiger charge is -2.42. The molecule has 0 bridgehead atoms. The van der Waals surface area contributed by atoms with Gasteiger partial charge in [0, 0.05) is 73.7 Å². The molecule has 3 aliphatic heterocycles. The SMILES string of the molecule is COc1cccc2c1C(=O)c1c(O)c3c(c(O)c1C2=O)C[C@@](O)(C(=O)NNC(=O)CCSCC(=O)NCCN1CCC(C(N)=O)CC1)C[C@@H]3OC1CC[C@H](OC2COCCN2)[C@H](C)O1. The van der Waals surface area contributed by atoms with E-state index in [0.717, 1.165) is 13.1 Å². The van der Waals surface area contributed by atoms with Crippen LogP contribution in [0.15, 0.2) is 18.2 Å². The van der Waals surface area contributed by atoms with E-state index in [1.54, 1.807) is 6.92 Å². The number of rotatable bonds is 15. The van der Waals surface area contributed by atoms with Crippen molar-refractivity contribution in [2.45, 2.75) is 88.3 Å². The van der Waals surface area contributed by atoms with Crippen LogP contribution in [0.1, 0.15) is 94.5 Å². The van der Waals surface area contributed by atoms with Crippen molar-refractivity contribution in [1.82, 2.24) is 26.4 Å². The van der Waals surface area contributed by atoms with Gasteiger partial charge < -0.3 is 55.0 Å². The molecule has 20 nitrogen and oxygen atoms in total. The number of hydrogen-bond acceptors (Lipinski definition) is 17. The number of nitrogens with two attached hydrogens (primary N) is 1. The van der Waals surface area contributed by atoms with Gasteiger partial charge in [0.1, 0.15) is 23.5 Å². The fourth-order valence-electron chi connectivity index (χ4n) is 8.92. The van der Waals surface area contributed by atoms with Crippen molar-refractivity contribution >= 4 is 47.0 Å². The zero-order valence-electron chi connectivity index (χ0n) is 35.8. The van der Waals surface area contributed by atoms with Crippen molar-refractivity contribution in [2.24, 2.45) is 11.7 Å². The second-order valence-electron chi connectivity index (χ2n) is 16.6. The first-order valence-corrected chi connectivity index (χ1v) is 22.7. The molecule has 21 heteroatoms. The van der Waals surface area contributed by atoms with Gasteiger partial charge in [-0.3, -0.25) is 44.9 Å². The average molecular weight is 913 g/mol. The molecule has 0 spiro atoms. The number of primary amides is 1. The van der Waals surface area contributed by atoms with Crippen molar-refractivity contribution in [1.29, 1.82) is 0 Å². The number of morpholine rings is 1. The molecule has 6 atom stereocenters. The smallest absolute Gasteiger partial charge is 0.270 e. The number of aliphatic hydroxyl groups is 1. The van der Waals surface area contributed by atoms with Gasteiger partial charge >= 0.3 is 0 Å². The molecule has 2 aromatic rings. The fraction of sp³-hybridized carbons (Fsp3) is 0.581. The Balaban J connectivity index is 1.00. The lowest BCUT2D eigenvalue weighted by molar-refractivity contribution is -0.258. The van der Waals surface area contributed by atoms with E-state index in [2.05, 4.69) is 26.4 Å². The third-order valence-corrected chi connectivity index (χ3v) is 13.3. The van der Waals surface area contributed by atoms with Crippen LogP contribution in [0.2, 0.25) is 0 Å². The number of ether oxygens (including phenoxy) is 5. The predicted octanol–water partition coefficient (Wildman–Crippen LogP) is 0.0571. The molecular weight excluding hydrogens is 857 g/mol. The summed E-state index contributed by atoms with van der Waals surface area (Å²) < 4.78 is 29.6. The van der Waals surface area contributed by atoms with Gasteiger partial charge in [0.25, 0.3) is 5.91 Å². The zero-order valence-corrected chi connectivity index (χ0v) is 36.6. The molecule has 0 radical (unpaired) electrons. The summed E-state index contributed by atoms with van der Waals surface area (Å²) in [5.41, 5.74) is 6.07. The number of aromatic hydroxyl groups is 2. The molecule has 348 valence electrons. The van der Waals surface area contributed by atoms with Gasteiger partial charge in [-0.2, -0.15) is 11.8 Å². The van der Waals surface area contributed by atoms with E-state index in [4.69, 9.17) is 29.4 Å². The Morgan fingerprint density at radius 3 is 2.47 bits per heavy atom. The number of thioether (sulfide) groups is 1. The highest BCUT2D eigenvalue weighted by Gasteiger charge is 2.50. The Kier molecular flexibility index (Phi) is 15.1.